The van der Waals surface area contributed by atoms with Gasteiger partial charge in [-0.05, 0) is 17.8 Å². The third kappa shape index (κ3) is 71.0. The molecule has 1 aliphatic rings. The number of aliphatic hydroxyl groups is 3. The van der Waals surface area contributed by atoms with Gasteiger partial charge in [-0.3, -0.25) is 6.08 Å². The molecular formula is C17H37FGeO3Zr-. The van der Waals surface area contributed by atoms with E-state index in [9.17, 15) is 3.50 Å². The fourth-order valence-electron chi connectivity index (χ4n) is 0.340. The molecular weight excluding hydrogens is 435 g/mol. The second-order valence-corrected chi connectivity index (χ2v) is 5.73. The maximum absolute atomic E-state index is 9.62. The van der Waals surface area contributed by atoms with Crippen molar-refractivity contribution in [1.29, 1.82) is 0 Å². The summed E-state index contributed by atoms with van der Waals surface area (Å²) < 4.78 is 9.62. The molecule has 1 aliphatic carbocycles. The van der Waals surface area contributed by atoms with Crippen LogP contribution in [0, 0.1) is 23.8 Å². The van der Waals surface area contributed by atoms with Crippen molar-refractivity contribution < 1.29 is 45.0 Å². The molecule has 1 radical (unpaired) electrons. The van der Waals surface area contributed by atoms with Gasteiger partial charge in [-0.15, -0.1) is 6.42 Å². The van der Waals surface area contributed by atoms with Crippen LogP contribution in [0.4, 0.5) is 3.50 Å². The zero-order valence-corrected chi connectivity index (χ0v) is 21.1. The Labute approximate surface area is 171 Å². The SMILES string of the molecule is CC(C)CO.CC(C)CO.CC(C)CO.[C-]1=CC=CC1.[F][GeH2].[Zr]. The van der Waals surface area contributed by atoms with Gasteiger partial charge in [0.05, 0.1) is 0 Å². The predicted molar refractivity (Wildman–Crippen MR) is 97.0 cm³/mol. The summed E-state index contributed by atoms with van der Waals surface area (Å²) in [5.41, 5.74) is 0. The number of halogens is 1. The minimum Gasteiger partial charge on any atom is 0 e. The van der Waals surface area contributed by atoms with Crippen LogP contribution in [0.15, 0.2) is 18.2 Å². The van der Waals surface area contributed by atoms with Gasteiger partial charge in [0.15, 0.2) is 0 Å². The van der Waals surface area contributed by atoms with E-state index < -0.39 is 0 Å². The Morgan fingerprint density at radius 1 is 0.870 bits per heavy atom. The van der Waals surface area contributed by atoms with Gasteiger partial charge in [0.25, 0.3) is 0 Å². The minimum atomic E-state index is -0.125. The van der Waals surface area contributed by atoms with Gasteiger partial charge in [-0.2, -0.15) is 6.08 Å². The van der Waals surface area contributed by atoms with Crippen LogP contribution >= 0.6 is 0 Å². The first kappa shape index (κ1) is 34.9. The van der Waals surface area contributed by atoms with E-state index in [1.54, 1.807) is 0 Å². The first-order valence-corrected chi connectivity index (χ1v) is 8.74. The fraction of sp³-hybridized carbons (Fsp3) is 0.765. The molecule has 0 atom stereocenters. The third-order valence-electron chi connectivity index (χ3n) is 1.68. The van der Waals surface area contributed by atoms with E-state index in [0.29, 0.717) is 37.6 Å². The summed E-state index contributed by atoms with van der Waals surface area (Å²) in [5.74, 6) is 1.32. The molecule has 6 heteroatoms. The Hall–Kier alpha value is 0.716. The Morgan fingerprint density at radius 3 is 1.17 bits per heavy atom. The van der Waals surface area contributed by atoms with Crippen molar-refractivity contribution in [3.8, 4) is 0 Å². The average Bonchev–Trinajstić information content (AvgIpc) is 3.09. The van der Waals surface area contributed by atoms with Crippen LogP contribution in [0.5, 0.6) is 0 Å². The van der Waals surface area contributed by atoms with Crippen LogP contribution in [0.2, 0.25) is 0 Å². The maximum atomic E-state index is 9.62. The van der Waals surface area contributed by atoms with Crippen molar-refractivity contribution in [2.24, 2.45) is 17.8 Å². The topological polar surface area (TPSA) is 60.7 Å². The average molecular weight is 472 g/mol. The molecule has 0 aromatic carbocycles. The molecule has 1 rings (SSSR count). The third-order valence-corrected chi connectivity index (χ3v) is 1.68. The first-order valence-electron chi connectivity index (χ1n) is 7.62. The van der Waals surface area contributed by atoms with E-state index in [4.69, 9.17) is 15.3 Å². The van der Waals surface area contributed by atoms with E-state index >= 15 is 0 Å². The second-order valence-electron chi connectivity index (χ2n) is 5.73. The monoisotopic (exact) mass is 472 g/mol. The largest absolute Gasteiger partial charge is 0 e. The van der Waals surface area contributed by atoms with Crippen molar-refractivity contribution in [3.63, 3.8) is 0 Å². The van der Waals surface area contributed by atoms with Crippen molar-refractivity contribution in [2.75, 3.05) is 19.8 Å². The normalized spacial score (nSPS) is 10.3. The molecule has 0 amide bonds. The number of hydrogen-bond donors (Lipinski definition) is 3. The Bertz CT molecular complexity index is 195. The zero-order chi connectivity index (χ0) is 18.4. The number of hydrogen-bond acceptors (Lipinski definition) is 3. The summed E-state index contributed by atoms with van der Waals surface area (Å²) in [5, 5.41) is 24.4. The number of allylic oxidation sites excluding steroid dienone is 4. The molecule has 0 aliphatic heterocycles. The summed E-state index contributed by atoms with van der Waals surface area (Å²) in [4.78, 5) is 0. The first-order chi connectivity index (χ1) is 10.3. The molecule has 0 fully saturated rings. The van der Waals surface area contributed by atoms with Crippen LogP contribution in [0.25, 0.3) is 0 Å². The number of aliphatic hydroxyl groups excluding tert-OH is 3. The molecule has 139 valence electrons. The van der Waals surface area contributed by atoms with Gasteiger partial charge >= 0.3 is 20.5 Å². The van der Waals surface area contributed by atoms with Crippen molar-refractivity contribution in [2.45, 2.75) is 48.0 Å². The summed E-state index contributed by atoms with van der Waals surface area (Å²) in [6.45, 7) is 12.7. The van der Waals surface area contributed by atoms with E-state index in [1.807, 2.05) is 53.7 Å². The van der Waals surface area contributed by atoms with E-state index in [0.717, 1.165) is 6.42 Å². The van der Waals surface area contributed by atoms with E-state index in [2.05, 4.69) is 12.2 Å². The standard InChI is InChI=1S/C5H5.3C4H10O.FGeH2.Zr/c1-2-4-5-3-1;3*1-4(2)3-5;1-2;/h1-3H,4H2;3*4-5H,3H2,1-2H3;2H2;/q-1;;;;;. The van der Waals surface area contributed by atoms with Gasteiger partial charge in [-0.1, -0.05) is 41.5 Å². The van der Waals surface area contributed by atoms with Gasteiger partial charge < -0.3 is 15.3 Å². The Morgan fingerprint density at radius 2 is 1.13 bits per heavy atom. The molecule has 0 heterocycles. The molecule has 0 saturated carbocycles. The minimum absolute atomic E-state index is 0. The van der Waals surface area contributed by atoms with Crippen LogP contribution in [0.1, 0.15) is 48.0 Å². The van der Waals surface area contributed by atoms with Crippen molar-refractivity contribution in [3.05, 3.63) is 24.3 Å². The van der Waals surface area contributed by atoms with Crippen molar-refractivity contribution in [1.82, 2.24) is 0 Å². The van der Waals surface area contributed by atoms with E-state index in [-0.39, 0.29) is 43.2 Å². The quantitative estimate of drug-likeness (QED) is 0.438. The van der Waals surface area contributed by atoms with Gasteiger partial charge in [0, 0.05) is 46.0 Å². The summed E-state index contributed by atoms with van der Waals surface area (Å²) in [7, 11) is 0. The molecule has 0 bridgehead atoms. The molecule has 3 nitrogen and oxygen atoms in total. The predicted octanol–water partition coefficient (Wildman–Crippen LogP) is 2.71. The fourth-order valence-corrected chi connectivity index (χ4v) is 0.340. The summed E-state index contributed by atoms with van der Waals surface area (Å²) >= 11 is -0.125. The summed E-state index contributed by atoms with van der Waals surface area (Å²) in [6, 6.07) is 0. The molecule has 0 unspecified atom stereocenters. The van der Waals surface area contributed by atoms with Crippen molar-refractivity contribution >= 4 is 17.0 Å². The van der Waals surface area contributed by atoms with Crippen LogP contribution in [0.3, 0.4) is 0 Å². The maximum Gasteiger partial charge on any atom is 0 e. The second kappa shape index (κ2) is 34.1. The zero-order valence-electron chi connectivity index (χ0n) is 15.7. The molecule has 0 aromatic heterocycles. The van der Waals surface area contributed by atoms with Gasteiger partial charge in [-0.25, -0.2) is 12.2 Å². The van der Waals surface area contributed by atoms with Crippen LogP contribution < -0.4 is 0 Å². The Balaban J connectivity index is -0.0000000595. The van der Waals surface area contributed by atoms with Crippen LogP contribution in [-0.4, -0.2) is 52.1 Å². The molecule has 23 heavy (non-hydrogen) atoms. The molecule has 0 aromatic rings. The smallest absolute Gasteiger partial charge is 0 e. The molecule has 0 saturated heterocycles. The Kier molecular flexibility index (Phi) is 51.8. The molecule has 3 N–H and O–H groups in total. The molecule has 0 spiro atoms. The van der Waals surface area contributed by atoms with E-state index in [1.165, 1.54) is 0 Å². The number of rotatable bonds is 3. The van der Waals surface area contributed by atoms with Crippen LogP contribution in [-0.2, 0) is 26.2 Å². The summed E-state index contributed by atoms with van der Waals surface area (Å²) in [6.07, 6.45) is 10.0. The van der Waals surface area contributed by atoms with Gasteiger partial charge in [0.1, 0.15) is 0 Å². The van der Waals surface area contributed by atoms with Gasteiger partial charge in [0.2, 0.25) is 0 Å².